The van der Waals surface area contributed by atoms with Crippen molar-refractivity contribution in [3.63, 3.8) is 0 Å². The summed E-state index contributed by atoms with van der Waals surface area (Å²) in [5.74, 6) is 0.688. The van der Waals surface area contributed by atoms with Crippen LogP contribution in [0.1, 0.15) is 24.0 Å². The lowest BCUT2D eigenvalue weighted by molar-refractivity contribution is 0.0975. The molecule has 21 heavy (non-hydrogen) atoms. The van der Waals surface area contributed by atoms with Gasteiger partial charge in [-0.05, 0) is 69.0 Å². The third-order valence-corrected chi connectivity index (χ3v) is 5.86. The fourth-order valence-corrected chi connectivity index (χ4v) is 4.09. The van der Waals surface area contributed by atoms with Crippen LogP contribution in [-0.2, 0) is 10.0 Å². The van der Waals surface area contributed by atoms with Gasteiger partial charge in [-0.3, -0.25) is 0 Å². The van der Waals surface area contributed by atoms with Crippen molar-refractivity contribution < 1.29 is 8.42 Å². The number of fused-ring (bicyclic) bond motifs is 3. The van der Waals surface area contributed by atoms with E-state index >= 15 is 0 Å². The SMILES string of the molecule is Cc1cc(S(N)(=O)=O)cc(NC2CN3CCC2CC3)c1C. The minimum Gasteiger partial charge on any atom is -0.380 e. The van der Waals surface area contributed by atoms with E-state index in [9.17, 15) is 8.42 Å². The number of nitrogens with one attached hydrogen (secondary N) is 1. The van der Waals surface area contributed by atoms with Gasteiger partial charge in [-0.1, -0.05) is 0 Å². The first kappa shape index (κ1) is 14.8. The molecule has 0 saturated carbocycles. The molecule has 3 aliphatic rings. The summed E-state index contributed by atoms with van der Waals surface area (Å²) in [4.78, 5) is 2.66. The monoisotopic (exact) mass is 309 g/mol. The molecule has 3 fully saturated rings. The van der Waals surface area contributed by atoms with Crippen LogP contribution < -0.4 is 10.5 Å². The lowest BCUT2D eigenvalue weighted by Gasteiger charge is -2.45. The Kier molecular flexibility index (Phi) is 3.71. The van der Waals surface area contributed by atoms with Crippen LogP contribution in [0.3, 0.4) is 0 Å². The molecular weight excluding hydrogens is 286 g/mol. The van der Waals surface area contributed by atoms with Crippen LogP contribution in [0.25, 0.3) is 0 Å². The number of anilines is 1. The molecular formula is C15H23N3O2S. The molecule has 4 rings (SSSR count). The first-order valence-electron chi connectivity index (χ1n) is 7.47. The third-order valence-electron chi connectivity index (χ3n) is 4.97. The molecule has 2 bridgehead atoms. The van der Waals surface area contributed by atoms with Crippen molar-refractivity contribution in [1.29, 1.82) is 0 Å². The summed E-state index contributed by atoms with van der Waals surface area (Å²) in [6, 6.07) is 3.73. The number of nitrogens with two attached hydrogens (primary N) is 1. The van der Waals surface area contributed by atoms with Gasteiger partial charge in [0.25, 0.3) is 0 Å². The zero-order valence-electron chi connectivity index (χ0n) is 12.6. The number of nitrogens with zero attached hydrogens (tertiary/aromatic N) is 1. The molecule has 3 aliphatic heterocycles. The summed E-state index contributed by atoms with van der Waals surface area (Å²) in [5, 5.41) is 8.85. The fourth-order valence-electron chi connectivity index (χ4n) is 3.47. The molecule has 1 aromatic carbocycles. The maximum absolute atomic E-state index is 11.6. The molecule has 5 nitrogen and oxygen atoms in total. The summed E-state index contributed by atoms with van der Waals surface area (Å²) in [7, 11) is -3.67. The number of rotatable bonds is 3. The summed E-state index contributed by atoms with van der Waals surface area (Å²) in [5.41, 5.74) is 2.95. The van der Waals surface area contributed by atoms with Gasteiger partial charge in [-0.15, -0.1) is 0 Å². The zero-order chi connectivity index (χ0) is 15.2. The van der Waals surface area contributed by atoms with E-state index in [2.05, 4.69) is 10.2 Å². The van der Waals surface area contributed by atoms with Crippen molar-refractivity contribution in [1.82, 2.24) is 4.90 Å². The van der Waals surface area contributed by atoms with Crippen LogP contribution in [-0.4, -0.2) is 39.0 Å². The quantitative estimate of drug-likeness (QED) is 0.886. The molecule has 0 aliphatic carbocycles. The van der Waals surface area contributed by atoms with Crippen LogP contribution in [0.15, 0.2) is 17.0 Å². The molecule has 3 N–H and O–H groups in total. The first-order valence-corrected chi connectivity index (χ1v) is 9.02. The molecule has 116 valence electrons. The largest absolute Gasteiger partial charge is 0.380 e. The third kappa shape index (κ3) is 2.93. The van der Waals surface area contributed by atoms with Crippen molar-refractivity contribution in [3.05, 3.63) is 23.3 Å². The molecule has 0 spiro atoms. The van der Waals surface area contributed by atoms with Crippen molar-refractivity contribution in [2.75, 3.05) is 25.0 Å². The Labute approximate surface area is 126 Å². The van der Waals surface area contributed by atoms with Crippen LogP contribution in [0, 0.1) is 19.8 Å². The first-order chi connectivity index (χ1) is 9.84. The Morgan fingerprint density at radius 1 is 1.24 bits per heavy atom. The standard InChI is InChI=1S/C15H23N3O2S/c1-10-7-13(21(16,19)20)8-14(11(10)2)17-15-9-18-5-3-12(15)4-6-18/h7-8,12,15,17H,3-6,9H2,1-2H3,(H2,16,19,20). The van der Waals surface area contributed by atoms with Gasteiger partial charge in [0.05, 0.1) is 4.90 Å². The van der Waals surface area contributed by atoms with E-state index in [4.69, 9.17) is 5.14 Å². The maximum atomic E-state index is 11.6. The van der Waals surface area contributed by atoms with Gasteiger partial charge in [0.1, 0.15) is 0 Å². The number of hydrogen-bond donors (Lipinski definition) is 2. The summed E-state index contributed by atoms with van der Waals surface area (Å²) in [6.45, 7) is 7.37. The minimum absolute atomic E-state index is 0.189. The number of piperidine rings is 3. The smallest absolute Gasteiger partial charge is 0.238 e. The Hall–Kier alpha value is -1.11. The molecule has 3 saturated heterocycles. The van der Waals surface area contributed by atoms with E-state index in [1.807, 2.05) is 13.8 Å². The number of aryl methyl sites for hydroxylation is 1. The van der Waals surface area contributed by atoms with Gasteiger partial charge >= 0.3 is 0 Å². The van der Waals surface area contributed by atoms with Crippen molar-refractivity contribution in [3.8, 4) is 0 Å². The molecule has 3 heterocycles. The van der Waals surface area contributed by atoms with Gasteiger partial charge in [0, 0.05) is 18.3 Å². The second kappa shape index (κ2) is 5.26. The van der Waals surface area contributed by atoms with Gasteiger partial charge in [0.2, 0.25) is 10.0 Å². The Balaban J connectivity index is 1.90. The highest BCUT2D eigenvalue weighted by Gasteiger charge is 2.34. The Bertz CT molecular complexity index is 649. The number of primary sulfonamides is 1. The highest BCUT2D eigenvalue weighted by atomic mass is 32.2. The van der Waals surface area contributed by atoms with Crippen LogP contribution >= 0.6 is 0 Å². The average Bonchev–Trinajstić information content (AvgIpc) is 2.44. The van der Waals surface area contributed by atoms with Crippen LogP contribution in [0.4, 0.5) is 5.69 Å². The van der Waals surface area contributed by atoms with E-state index in [1.54, 1.807) is 12.1 Å². The minimum atomic E-state index is -3.67. The fraction of sp³-hybridized carbons (Fsp3) is 0.600. The molecule has 1 aromatic rings. The molecule has 0 radical (unpaired) electrons. The highest BCUT2D eigenvalue weighted by Crippen LogP contribution is 2.32. The van der Waals surface area contributed by atoms with E-state index in [1.165, 1.54) is 25.9 Å². The second-order valence-corrected chi connectivity index (χ2v) is 7.91. The van der Waals surface area contributed by atoms with Gasteiger partial charge in [0.15, 0.2) is 0 Å². The predicted molar refractivity (Wildman–Crippen MR) is 83.9 cm³/mol. The average molecular weight is 309 g/mol. The molecule has 6 heteroatoms. The molecule has 0 amide bonds. The van der Waals surface area contributed by atoms with Crippen molar-refractivity contribution >= 4 is 15.7 Å². The van der Waals surface area contributed by atoms with Crippen LogP contribution in [0.2, 0.25) is 0 Å². The normalized spacial score (nSPS) is 28.6. The number of benzene rings is 1. The maximum Gasteiger partial charge on any atom is 0.238 e. The number of hydrogen-bond acceptors (Lipinski definition) is 4. The Morgan fingerprint density at radius 3 is 2.43 bits per heavy atom. The molecule has 1 unspecified atom stereocenters. The zero-order valence-corrected chi connectivity index (χ0v) is 13.4. The topological polar surface area (TPSA) is 75.4 Å². The lowest BCUT2D eigenvalue weighted by Crippen LogP contribution is -2.53. The van der Waals surface area contributed by atoms with E-state index in [-0.39, 0.29) is 4.90 Å². The van der Waals surface area contributed by atoms with Crippen molar-refractivity contribution in [2.45, 2.75) is 37.6 Å². The van der Waals surface area contributed by atoms with E-state index in [0.717, 1.165) is 23.4 Å². The van der Waals surface area contributed by atoms with Gasteiger partial charge < -0.3 is 10.2 Å². The molecule has 1 atom stereocenters. The lowest BCUT2D eigenvalue weighted by atomic mass is 9.84. The van der Waals surface area contributed by atoms with Gasteiger partial charge in [-0.25, -0.2) is 13.6 Å². The predicted octanol–water partition coefficient (Wildman–Crippen LogP) is 1.46. The van der Waals surface area contributed by atoms with Gasteiger partial charge in [-0.2, -0.15) is 0 Å². The van der Waals surface area contributed by atoms with E-state index < -0.39 is 10.0 Å². The van der Waals surface area contributed by atoms with E-state index in [0.29, 0.717) is 12.0 Å². The molecule has 0 aromatic heterocycles. The van der Waals surface area contributed by atoms with Crippen molar-refractivity contribution in [2.24, 2.45) is 11.1 Å². The summed E-state index contributed by atoms with van der Waals surface area (Å²) in [6.07, 6.45) is 2.45. The summed E-state index contributed by atoms with van der Waals surface area (Å²) < 4.78 is 23.2. The summed E-state index contributed by atoms with van der Waals surface area (Å²) >= 11 is 0. The number of sulfonamides is 1. The highest BCUT2D eigenvalue weighted by molar-refractivity contribution is 7.89. The second-order valence-electron chi connectivity index (χ2n) is 6.35. The Morgan fingerprint density at radius 2 is 1.90 bits per heavy atom. The van der Waals surface area contributed by atoms with Crippen LogP contribution in [0.5, 0.6) is 0 Å².